The van der Waals surface area contributed by atoms with Crippen LogP contribution in [0.1, 0.15) is 13.3 Å². The molecule has 2 rings (SSSR count). The molecule has 0 saturated heterocycles. The van der Waals surface area contributed by atoms with E-state index in [-0.39, 0.29) is 5.69 Å². The standard InChI is InChI=1S/C10H14BrN5O/c1-2-6-15(7-5-11)9-4-3-8-12-13-10(17)16(8)14-9/h3-4H,2,5-7H2,1H3,(H,13,17). The minimum Gasteiger partial charge on any atom is -0.354 e. The van der Waals surface area contributed by atoms with E-state index in [4.69, 9.17) is 0 Å². The van der Waals surface area contributed by atoms with Crippen molar-refractivity contribution in [3.8, 4) is 0 Å². The van der Waals surface area contributed by atoms with Crippen LogP contribution in [-0.2, 0) is 0 Å². The molecular weight excluding hydrogens is 286 g/mol. The van der Waals surface area contributed by atoms with Crippen molar-refractivity contribution in [3.05, 3.63) is 22.6 Å². The number of alkyl halides is 1. The number of nitrogens with zero attached hydrogens (tertiary/aromatic N) is 4. The number of anilines is 1. The third-order valence-corrected chi connectivity index (χ3v) is 2.79. The van der Waals surface area contributed by atoms with E-state index in [1.807, 2.05) is 6.07 Å². The number of aromatic nitrogens is 4. The molecule has 0 aliphatic heterocycles. The monoisotopic (exact) mass is 299 g/mol. The van der Waals surface area contributed by atoms with Gasteiger partial charge in [-0.2, -0.15) is 9.61 Å². The van der Waals surface area contributed by atoms with Gasteiger partial charge in [0.2, 0.25) is 0 Å². The van der Waals surface area contributed by atoms with Gasteiger partial charge in [-0.15, -0.1) is 5.10 Å². The highest BCUT2D eigenvalue weighted by Crippen LogP contribution is 2.11. The van der Waals surface area contributed by atoms with Gasteiger partial charge in [-0.3, -0.25) is 0 Å². The van der Waals surface area contributed by atoms with E-state index in [0.29, 0.717) is 5.65 Å². The number of halogens is 1. The fraction of sp³-hybridized carbons (Fsp3) is 0.500. The number of fused-ring (bicyclic) bond motifs is 1. The van der Waals surface area contributed by atoms with Crippen LogP contribution in [0.4, 0.5) is 5.82 Å². The van der Waals surface area contributed by atoms with Crippen molar-refractivity contribution >= 4 is 27.4 Å². The summed E-state index contributed by atoms with van der Waals surface area (Å²) in [5.41, 5.74) is 0.228. The Morgan fingerprint density at radius 2 is 2.29 bits per heavy atom. The zero-order valence-electron chi connectivity index (χ0n) is 9.56. The van der Waals surface area contributed by atoms with Crippen molar-refractivity contribution < 1.29 is 0 Å². The molecule has 6 nitrogen and oxygen atoms in total. The lowest BCUT2D eigenvalue weighted by molar-refractivity contribution is 0.757. The molecule has 0 unspecified atom stereocenters. The molecule has 1 N–H and O–H groups in total. The van der Waals surface area contributed by atoms with Crippen LogP contribution in [0.15, 0.2) is 16.9 Å². The summed E-state index contributed by atoms with van der Waals surface area (Å²) in [5.74, 6) is 0.794. The molecule has 2 aromatic rings. The van der Waals surface area contributed by atoms with Crippen LogP contribution < -0.4 is 10.6 Å². The van der Waals surface area contributed by atoms with Crippen LogP contribution in [0.2, 0.25) is 0 Å². The van der Waals surface area contributed by atoms with E-state index in [1.165, 1.54) is 4.52 Å². The molecule has 0 aliphatic rings. The molecule has 2 heterocycles. The molecule has 7 heteroatoms. The molecule has 92 valence electrons. The number of hydrogen-bond donors (Lipinski definition) is 1. The average molecular weight is 300 g/mol. The van der Waals surface area contributed by atoms with Gasteiger partial charge in [0.15, 0.2) is 5.65 Å². The zero-order chi connectivity index (χ0) is 12.3. The van der Waals surface area contributed by atoms with Gasteiger partial charge in [0.05, 0.1) is 0 Å². The first-order chi connectivity index (χ1) is 8.26. The van der Waals surface area contributed by atoms with Gasteiger partial charge in [0.25, 0.3) is 0 Å². The van der Waals surface area contributed by atoms with Crippen LogP contribution in [-0.4, -0.2) is 38.2 Å². The van der Waals surface area contributed by atoms with E-state index in [2.05, 4.69) is 43.0 Å². The molecule has 0 bridgehead atoms. The van der Waals surface area contributed by atoms with E-state index in [0.717, 1.165) is 30.7 Å². The molecular formula is C10H14BrN5O. The van der Waals surface area contributed by atoms with Crippen molar-refractivity contribution in [2.24, 2.45) is 0 Å². The van der Waals surface area contributed by atoms with Gasteiger partial charge in [-0.1, -0.05) is 22.9 Å². The highest BCUT2D eigenvalue weighted by molar-refractivity contribution is 9.09. The minimum absolute atomic E-state index is 0.308. The van der Waals surface area contributed by atoms with Crippen LogP contribution in [0.25, 0.3) is 5.65 Å². The van der Waals surface area contributed by atoms with E-state index in [9.17, 15) is 4.79 Å². The van der Waals surface area contributed by atoms with Gasteiger partial charge < -0.3 is 4.90 Å². The summed E-state index contributed by atoms with van der Waals surface area (Å²) in [6.45, 7) is 3.89. The van der Waals surface area contributed by atoms with Crippen LogP contribution in [0.3, 0.4) is 0 Å². The Bertz CT molecular complexity index is 543. The van der Waals surface area contributed by atoms with Crippen molar-refractivity contribution in [1.29, 1.82) is 0 Å². The first-order valence-corrected chi connectivity index (χ1v) is 6.63. The van der Waals surface area contributed by atoms with Crippen molar-refractivity contribution in [2.45, 2.75) is 13.3 Å². The number of aromatic amines is 1. The summed E-state index contributed by atoms with van der Waals surface area (Å²) in [5, 5.41) is 11.4. The second-order valence-electron chi connectivity index (χ2n) is 3.67. The Morgan fingerprint density at radius 1 is 1.47 bits per heavy atom. The van der Waals surface area contributed by atoms with Gasteiger partial charge in [-0.25, -0.2) is 9.89 Å². The molecule has 0 radical (unpaired) electrons. The molecule has 0 spiro atoms. The molecule has 0 saturated carbocycles. The maximum Gasteiger partial charge on any atom is 0.364 e. The molecule has 0 aromatic carbocycles. The van der Waals surface area contributed by atoms with Crippen molar-refractivity contribution in [1.82, 2.24) is 19.8 Å². The van der Waals surface area contributed by atoms with E-state index in [1.54, 1.807) is 6.07 Å². The van der Waals surface area contributed by atoms with Gasteiger partial charge in [0.1, 0.15) is 5.82 Å². The number of H-pyrrole nitrogens is 1. The molecule has 0 fully saturated rings. The lowest BCUT2D eigenvalue weighted by Crippen LogP contribution is -2.28. The van der Waals surface area contributed by atoms with Crippen molar-refractivity contribution in [3.63, 3.8) is 0 Å². The molecule has 0 amide bonds. The topological polar surface area (TPSA) is 66.3 Å². The van der Waals surface area contributed by atoms with Gasteiger partial charge in [0, 0.05) is 18.4 Å². The van der Waals surface area contributed by atoms with Crippen LogP contribution in [0.5, 0.6) is 0 Å². The fourth-order valence-corrected chi connectivity index (χ4v) is 2.10. The summed E-state index contributed by atoms with van der Waals surface area (Å²) in [4.78, 5) is 13.6. The highest BCUT2D eigenvalue weighted by atomic mass is 79.9. The Kier molecular flexibility index (Phi) is 3.78. The number of hydrogen-bond acceptors (Lipinski definition) is 4. The lowest BCUT2D eigenvalue weighted by atomic mass is 10.4. The lowest BCUT2D eigenvalue weighted by Gasteiger charge is -2.21. The second-order valence-corrected chi connectivity index (χ2v) is 4.46. The average Bonchev–Trinajstić information content (AvgIpc) is 2.71. The third-order valence-electron chi connectivity index (χ3n) is 2.43. The number of rotatable bonds is 5. The summed E-state index contributed by atoms with van der Waals surface area (Å²) in [7, 11) is 0. The van der Waals surface area contributed by atoms with Crippen LogP contribution >= 0.6 is 15.9 Å². The smallest absolute Gasteiger partial charge is 0.354 e. The second kappa shape index (κ2) is 5.31. The van der Waals surface area contributed by atoms with Gasteiger partial charge in [-0.05, 0) is 18.6 Å². The van der Waals surface area contributed by atoms with E-state index >= 15 is 0 Å². The van der Waals surface area contributed by atoms with Crippen LogP contribution in [0, 0.1) is 0 Å². The normalized spacial score (nSPS) is 10.9. The Balaban J connectivity index is 2.38. The van der Waals surface area contributed by atoms with Crippen molar-refractivity contribution in [2.75, 3.05) is 23.3 Å². The Hall–Kier alpha value is -1.37. The summed E-state index contributed by atoms with van der Waals surface area (Å²) >= 11 is 3.42. The Morgan fingerprint density at radius 3 is 3.00 bits per heavy atom. The molecule has 2 aromatic heterocycles. The fourth-order valence-electron chi connectivity index (χ4n) is 1.67. The largest absolute Gasteiger partial charge is 0.364 e. The summed E-state index contributed by atoms with van der Waals surface area (Å²) < 4.78 is 1.28. The number of nitrogens with one attached hydrogen (secondary N) is 1. The van der Waals surface area contributed by atoms with Gasteiger partial charge >= 0.3 is 5.69 Å². The first kappa shape index (κ1) is 12.1. The summed E-state index contributed by atoms with van der Waals surface area (Å²) in [6, 6.07) is 3.67. The summed E-state index contributed by atoms with van der Waals surface area (Å²) in [6.07, 6.45) is 1.03. The Labute approximate surface area is 107 Å². The first-order valence-electron chi connectivity index (χ1n) is 5.51. The predicted octanol–water partition coefficient (Wildman–Crippen LogP) is 1.03. The molecule has 0 atom stereocenters. The van der Waals surface area contributed by atoms with E-state index < -0.39 is 0 Å². The molecule has 0 aliphatic carbocycles. The molecule has 17 heavy (non-hydrogen) atoms. The predicted molar refractivity (Wildman–Crippen MR) is 69.9 cm³/mol. The minimum atomic E-state index is -0.308. The zero-order valence-corrected chi connectivity index (χ0v) is 11.1. The maximum atomic E-state index is 11.4. The third kappa shape index (κ3) is 2.49. The quantitative estimate of drug-likeness (QED) is 0.838. The highest BCUT2D eigenvalue weighted by Gasteiger charge is 2.09. The SMILES string of the molecule is CCCN(CCBr)c1ccc2n[nH]c(=O)n2n1. The maximum absolute atomic E-state index is 11.4.